The van der Waals surface area contributed by atoms with E-state index >= 15 is 0 Å². The van der Waals surface area contributed by atoms with Crippen molar-refractivity contribution in [1.29, 1.82) is 0 Å². The number of aliphatic hydroxyl groups is 1. The maximum atomic E-state index is 13.1. The smallest absolute Gasteiger partial charge is 0.274 e. The Labute approximate surface area is 162 Å². The largest absolute Gasteiger partial charge is 0.391 e. The number of β-amino-alcohol motifs (C(OH)–C–C–N with tert-alkyl or cyclic N) is 1. The maximum absolute atomic E-state index is 13.1. The van der Waals surface area contributed by atoms with E-state index in [1.54, 1.807) is 36.4 Å². The molecule has 0 spiro atoms. The van der Waals surface area contributed by atoms with Crippen LogP contribution in [0.1, 0.15) is 21.7 Å². The van der Waals surface area contributed by atoms with Crippen molar-refractivity contribution >= 4 is 5.91 Å². The number of amides is 1. The van der Waals surface area contributed by atoms with Gasteiger partial charge in [-0.1, -0.05) is 0 Å². The van der Waals surface area contributed by atoms with E-state index in [-0.39, 0.29) is 24.2 Å². The molecule has 1 aliphatic heterocycles. The molecule has 2 N–H and O–H groups in total. The summed E-state index contributed by atoms with van der Waals surface area (Å²) in [5, 5.41) is 10.4. The highest BCUT2D eigenvalue weighted by Crippen LogP contribution is 2.25. The van der Waals surface area contributed by atoms with E-state index in [0.717, 1.165) is 5.56 Å². The summed E-state index contributed by atoms with van der Waals surface area (Å²) in [5.74, 6) is -0.0379. The Morgan fingerprint density at radius 2 is 1.93 bits per heavy atom. The van der Waals surface area contributed by atoms with E-state index in [2.05, 4.69) is 15.0 Å². The minimum atomic E-state index is -0.576. The number of aliphatic hydroxyl groups excluding tert-OH is 1. The number of hydrogen-bond donors (Lipinski definition) is 2. The molecule has 0 saturated carbocycles. The van der Waals surface area contributed by atoms with Crippen LogP contribution in [0.5, 0.6) is 0 Å². The third-order valence-corrected chi connectivity index (χ3v) is 5.15. The lowest BCUT2D eigenvalue weighted by Gasteiger charge is -2.15. The minimum absolute atomic E-state index is 0.0258. The molecule has 0 radical (unpaired) electrons. The van der Waals surface area contributed by atoms with Crippen LogP contribution in [0, 0.1) is 18.7 Å². The fraction of sp³-hybridized carbons (Fsp3) is 0.286. The highest BCUT2D eigenvalue weighted by atomic mass is 19.1. The quantitative estimate of drug-likeness (QED) is 0.729. The van der Waals surface area contributed by atoms with Crippen LogP contribution in [0.3, 0.4) is 0 Å². The first-order valence-corrected chi connectivity index (χ1v) is 9.20. The Bertz CT molecular complexity index is 972. The third kappa shape index (κ3) is 3.66. The molecule has 3 aromatic rings. The number of nitrogens with zero attached hydrogens (tertiary/aromatic N) is 3. The molecular formula is C21H21FN4O2. The summed E-state index contributed by atoms with van der Waals surface area (Å²) in [4.78, 5) is 26.1. The number of pyridine rings is 1. The van der Waals surface area contributed by atoms with Gasteiger partial charge in [0.15, 0.2) is 0 Å². The first kappa shape index (κ1) is 18.3. The molecule has 1 amide bonds. The van der Waals surface area contributed by atoms with Crippen molar-refractivity contribution in [3.05, 3.63) is 71.6 Å². The lowest BCUT2D eigenvalue weighted by Crippen LogP contribution is -2.30. The predicted molar refractivity (Wildman–Crippen MR) is 102 cm³/mol. The lowest BCUT2D eigenvalue weighted by atomic mass is 9.97. The van der Waals surface area contributed by atoms with Gasteiger partial charge in [-0.25, -0.2) is 9.37 Å². The van der Waals surface area contributed by atoms with Crippen LogP contribution >= 0.6 is 0 Å². The van der Waals surface area contributed by atoms with Crippen LogP contribution in [0.15, 0.2) is 48.8 Å². The molecule has 7 heteroatoms. The van der Waals surface area contributed by atoms with Gasteiger partial charge in [0.2, 0.25) is 0 Å². The summed E-state index contributed by atoms with van der Waals surface area (Å²) in [6, 6.07) is 9.79. The number of nitrogens with one attached hydrogen (secondary N) is 1. The Hall–Kier alpha value is -3.06. The second-order valence-electron chi connectivity index (χ2n) is 7.16. The Balaban J connectivity index is 1.49. The van der Waals surface area contributed by atoms with Gasteiger partial charge in [0.1, 0.15) is 17.3 Å². The molecule has 2 atom stereocenters. The number of likely N-dealkylation sites (tertiary alicyclic amines) is 1. The SMILES string of the molecule is Cc1[nH]c(-c2ccc(F)cc2)nc1C(=O)N1C[C@@H](Cc2ccncc2)[C@@H](O)C1. The van der Waals surface area contributed by atoms with Crippen molar-refractivity contribution in [2.75, 3.05) is 13.1 Å². The number of carbonyl (C=O) groups excluding carboxylic acids is 1. The summed E-state index contributed by atoms with van der Waals surface area (Å²) < 4.78 is 13.1. The van der Waals surface area contributed by atoms with Crippen LogP contribution in [-0.4, -0.2) is 50.1 Å². The summed E-state index contributed by atoms with van der Waals surface area (Å²) >= 11 is 0. The number of aryl methyl sites for hydroxylation is 1. The topological polar surface area (TPSA) is 82.1 Å². The first-order valence-electron chi connectivity index (χ1n) is 9.20. The fourth-order valence-corrected chi connectivity index (χ4v) is 3.61. The zero-order valence-electron chi connectivity index (χ0n) is 15.5. The monoisotopic (exact) mass is 380 g/mol. The van der Waals surface area contributed by atoms with Gasteiger partial charge >= 0.3 is 0 Å². The van der Waals surface area contributed by atoms with Crippen LogP contribution < -0.4 is 0 Å². The van der Waals surface area contributed by atoms with E-state index in [1.807, 2.05) is 12.1 Å². The Kier molecular flexibility index (Phi) is 4.92. The van der Waals surface area contributed by atoms with Crippen LogP contribution in [0.4, 0.5) is 4.39 Å². The summed E-state index contributed by atoms with van der Waals surface area (Å²) in [6.07, 6.45) is 3.56. The third-order valence-electron chi connectivity index (χ3n) is 5.15. The van der Waals surface area contributed by atoms with Crippen molar-refractivity contribution < 1.29 is 14.3 Å². The Morgan fingerprint density at radius 1 is 1.21 bits per heavy atom. The molecule has 28 heavy (non-hydrogen) atoms. The normalized spacial score (nSPS) is 19.2. The van der Waals surface area contributed by atoms with Gasteiger partial charge in [0.25, 0.3) is 5.91 Å². The molecule has 1 saturated heterocycles. The van der Waals surface area contributed by atoms with Crippen LogP contribution in [0.25, 0.3) is 11.4 Å². The van der Waals surface area contributed by atoms with E-state index in [4.69, 9.17) is 0 Å². The van der Waals surface area contributed by atoms with Crippen LogP contribution in [0.2, 0.25) is 0 Å². The molecule has 0 aliphatic carbocycles. The second kappa shape index (κ2) is 7.52. The Morgan fingerprint density at radius 3 is 2.64 bits per heavy atom. The van der Waals surface area contributed by atoms with Crippen molar-refractivity contribution in [3.8, 4) is 11.4 Å². The second-order valence-corrected chi connectivity index (χ2v) is 7.16. The number of H-pyrrole nitrogens is 1. The van der Waals surface area contributed by atoms with Gasteiger partial charge in [0.05, 0.1) is 6.10 Å². The predicted octanol–water partition coefficient (Wildman–Crippen LogP) is 2.59. The number of halogens is 1. The van der Waals surface area contributed by atoms with Gasteiger partial charge in [0, 0.05) is 42.7 Å². The van der Waals surface area contributed by atoms with E-state index in [9.17, 15) is 14.3 Å². The zero-order valence-corrected chi connectivity index (χ0v) is 15.5. The standard InChI is InChI=1S/C21H21FN4O2/c1-13-19(25-20(24-13)15-2-4-17(22)5-3-15)21(28)26-11-16(18(27)12-26)10-14-6-8-23-9-7-14/h2-9,16,18,27H,10-12H2,1H3,(H,24,25)/t16-,18+/m1/s1. The van der Waals surface area contributed by atoms with Crippen molar-refractivity contribution in [3.63, 3.8) is 0 Å². The summed E-state index contributed by atoms with van der Waals surface area (Å²) in [6.45, 7) is 2.54. The molecule has 0 unspecified atom stereocenters. The van der Waals surface area contributed by atoms with E-state index < -0.39 is 6.10 Å². The number of hydrogen-bond acceptors (Lipinski definition) is 4. The first-order chi connectivity index (χ1) is 13.5. The number of imidazole rings is 1. The molecule has 1 fully saturated rings. The molecule has 3 heterocycles. The molecule has 1 aromatic carbocycles. The van der Waals surface area contributed by atoms with E-state index in [1.165, 1.54) is 12.1 Å². The molecule has 2 aromatic heterocycles. The molecule has 1 aliphatic rings. The molecule has 0 bridgehead atoms. The van der Waals surface area contributed by atoms with Gasteiger partial charge in [-0.3, -0.25) is 9.78 Å². The highest BCUT2D eigenvalue weighted by Gasteiger charge is 2.35. The lowest BCUT2D eigenvalue weighted by molar-refractivity contribution is 0.0759. The molecule has 144 valence electrons. The van der Waals surface area contributed by atoms with Gasteiger partial charge in [-0.05, 0) is 55.3 Å². The maximum Gasteiger partial charge on any atom is 0.274 e. The molecule has 6 nitrogen and oxygen atoms in total. The zero-order chi connectivity index (χ0) is 19.7. The number of rotatable bonds is 4. The number of aromatic nitrogens is 3. The average molecular weight is 380 g/mol. The van der Waals surface area contributed by atoms with Crippen molar-refractivity contribution in [1.82, 2.24) is 19.9 Å². The van der Waals surface area contributed by atoms with E-state index in [0.29, 0.717) is 35.7 Å². The van der Waals surface area contributed by atoms with Crippen LogP contribution in [-0.2, 0) is 6.42 Å². The van der Waals surface area contributed by atoms with Gasteiger partial charge < -0.3 is 15.0 Å². The summed E-state index contributed by atoms with van der Waals surface area (Å²) in [5.41, 5.74) is 2.77. The van der Waals surface area contributed by atoms with Crippen molar-refractivity contribution in [2.24, 2.45) is 5.92 Å². The number of aromatic amines is 1. The average Bonchev–Trinajstić information content (AvgIpc) is 3.26. The fourth-order valence-electron chi connectivity index (χ4n) is 3.61. The van der Waals surface area contributed by atoms with Crippen molar-refractivity contribution in [2.45, 2.75) is 19.4 Å². The summed E-state index contributed by atoms with van der Waals surface area (Å²) in [7, 11) is 0. The number of benzene rings is 1. The highest BCUT2D eigenvalue weighted by molar-refractivity contribution is 5.94. The van der Waals surface area contributed by atoms with Gasteiger partial charge in [-0.15, -0.1) is 0 Å². The molecular weight excluding hydrogens is 359 g/mol. The molecule has 4 rings (SSSR count). The number of carbonyl (C=O) groups is 1. The van der Waals surface area contributed by atoms with Gasteiger partial charge in [-0.2, -0.15) is 0 Å². The minimum Gasteiger partial charge on any atom is -0.391 e.